The molecule has 0 atom stereocenters. The average Bonchev–Trinajstić information content (AvgIpc) is 3.24. The minimum Gasteiger partial charge on any atom is -0.452 e. The fourth-order valence-corrected chi connectivity index (χ4v) is 3.92. The average molecular weight is 368 g/mol. The summed E-state index contributed by atoms with van der Waals surface area (Å²) in [5, 5.41) is 6.71. The van der Waals surface area contributed by atoms with Crippen molar-refractivity contribution in [2.45, 2.75) is 5.75 Å². The molecule has 0 aromatic carbocycles. The van der Waals surface area contributed by atoms with Gasteiger partial charge in [0.25, 0.3) is 5.91 Å². The molecule has 0 saturated carbocycles. The Balaban J connectivity index is 1.51. The number of hydrogen-bond donors (Lipinski definition) is 1. The summed E-state index contributed by atoms with van der Waals surface area (Å²) in [6.45, 7) is 0.320. The van der Waals surface area contributed by atoms with E-state index in [2.05, 4.69) is 16.8 Å². The van der Waals surface area contributed by atoms with Crippen molar-refractivity contribution in [3.05, 3.63) is 50.9 Å². The number of carbonyl (C=O) groups is 2. The van der Waals surface area contributed by atoms with Gasteiger partial charge in [-0.3, -0.25) is 4.79 Å². The van der Waals surface area contributed by atoms with Gasteiger partial charge in [-0.15, -0.1) is 22.7 Å². The lowest BCUT2D eigenvalue weighted by Gasteiger charge is -2.05. The summed E-state index contributed by atoms with van der Waals surface area (Å²) in [7, 11) is 0. The SMILES string of the molecule is O=C(COC(=O)/C=C/c1cccs1)NCCSCc1cccs1. The molecule has 0 aliphatic carbocycles. The van der Waals surface area contributed by atoms with Gasteiger partial charge in [0.15, 0.2) is 6.61 Å². The van der Waals surface area contributed by atoms with E-state index in [9.17, 15) is 9.59 Å². The summed E-state index contributed by atoms with van der Waals surface area (Å²) in [4.78, 5) is 25.3. The molecule has 0 fully saturated rings. The lowest BCUT2D eigenvalue weighted by Crippen LogP contribution is -2.30. The first-order valence-electron chi connectivity index (χ1n) is 6.99. The molecule has 2 aromatic rings. The Morgan fingerprint density at radius 1 is 1.22 bits per heavy atom. The minimum absolute atomic E-state index is 0.247. The molecule has 122 valence electrons. The second-order valence-electron chi connectivity index (χ2n) is 4.44. The Morgan fingerprint density at radius 3 is 2.78 bits per heavy atom. The van der Waals surface area contributed by atoms with E-state index < -0.39 is 5.97 Å². The predicted octanol–water partition coefficient (Wildman–Crippen LogP) is 3.42. The largest absolute Gasteiger partial charge is 0.452 e. The summed E-state index contributed by atoms with van der Waals surface area (Å²) in [5.41, 5.74) is 0. The van der Waals surface area contributed by atoms with Crippen LogP contribution in [0.1, 0.15) is 9.75 Å². The van der Waals surface area contributed by atoms with Crippen LogP contribution in [0.2, 0.25) is 0 Å². The predicted molar refractivity (Wildman–Crippen MR) is 97.8 cm³/mol. The molecule has 0 saturated heterocycles. The van der Waals surface area contributed by atoms with Crippen molar-refractivity contribution in [3.63, 3.8) is 0 Å². The zero-order chi connectivity index (χ0) is 16.3. The molecule has 2 heterocycles. The number of amides is 1. The van der Waals surface area contributed by atoms with E-state index in [-0.39, 0.29) is 12.5 Å². The highest BCUT2D eigenvalue weighted by molar-refractivity contribution is 7.98. The van der Waals surface area contributed by atoms with Gasteiger partial charge < -0.3 is 10.1 Å². The molecule has 2 rings (SSSR count). The van der Waals surface area contributed by atoms with Gasteiger partial charge in [0.2, 0.25) is 0 Å². The monoisotopic (exact) mass is 367 g/mol. The van der Waals surface area contributed by atoms with Crippen molar-refractivity contribution in [2.75, 3.05) is 18.9 Å². The first kappa shape index (κ1) is 17.8. The van der Waals surface area contributed by atoms with Gasteiger partial charge in [-0.2, -0.15) is 11.8 Å². The van der Waals surface area contributed by atoms with Crippen LogP contribution in [0.5, 0.6) is 0 Å². The molecule has 0 aliphatic heterocycles. The van der Waals surface area contributed by atoms with Crippen LogP contribution in [0.25, 0.3) is 6.08 Å². The third-order valence-corrected chi connectivity index (χ3v) is 5.57. The van der Waals surface area contributed by atoms with Gasteiger partial charge in [0.05, 0.1) is 0 Å². The van der Waals surface area contributed by atoms with Crippen LogP contribution in [0, 0.1) is 0 Å². The number of rotatable bonds is 9. The van der Waals surface area contributed by atoms with Gasteiger partial charge in [0, 0.05) is 33.9 Å². The maximum Gasteiger partial charge on any atom is 0.331 e. The summed E-state index contributed by atoms with van der Waals surface area (Å²) < 4.78 is 4.88. The summed E-state index contributed by atoms with van der Waals surface area (Å²) >= 11 is 5.02. The number of esters is 1. The molecule has 0 aliphatic rings. The lowest BCUT2D eigenvalue weighted by atomic mass is 10.4. The fourth-order valence-electron chi connectivity index (χ4n) is 1.60. The van der Waals surface area contributed by atoms with Gasteiger partial charge >= 0.3 is 5.97 Å². The molecule has 0 radical (unpaired) electrons. The second kappa shape index (κ2) is 10.3. The van der Waals surface area contributed by atoms with Crippen LogP contribution in [0.3, 0.4) is 0 Å². The van der Waals surface area contributed by atoms with Crippen molar-refractivity contribution in [2.24, 2.45) is 0 Å². The van der Waals surface area contributed by atoms with Gasteiger partial charge in [-0.1, -0.05) is 12.1 Å². The Bertz CT molecular complexity index is 621. The number of ether oxygens (including phenoxy) is 1. The molecule has 7 heteroatoms. The zero-order valence-corrected chi connectivity index (χ0v) is 14.8. The van der Waals surface area contributed by atoms with Crippen molar-refractivity contribution in [3.8, 4) is 0 Å². The first-order valence-corrected chi connectivity index (χ1v) is 9.90. The molecular weight excluding hydrogens is 350 g/mol. The molecule has 2 aromatic heterocycles. The number of thioether (sulfide) groups is 1. The third kappa shape index (κ3) is 7.49. The third-order valence-electron chi connectivity index (χ3n) is 2.67. The summed E-state index contributed by atoms with van der Waals surface area (Å²) in [6, 6.07) is 7.93. The smallest absolute Gasteiger partial charge is 0.331 e. The first-order chi connectivity index (χ1) is 11.2. The number of carbonyl (C=O) groups excluding carboxylic acids is 2. The van der Waals surface area contributed by atoms with E-state index in [0.29, 0.717) is 6.54 Å². The maximum atomic E-state index is 11.6. The highest BCUT2D eigenvalue weighted by atomic mass is 32.2. The molecular formula is C16H17NO3S3. The van der Waals surface area contributed by atoms with Gasteiger partial charge in [-0.25, -0.2) is 4.79 Å². The second-order valence-corrected chi connectivity index (χ2v) is 7.56. The Labute approximate surface area is 147 Å². The molecule has 23 heavy (non-hydrogen) atoms. The number of thiophene rings is 2. The fraction of sp³-hybridized carbons (Fsp3) is 0.250. The molecule has 0 spiro atoms. The van der Waals surface area contributed by atoms with E-state index in [4.69, 9.17) is 4.74 Å². The summed E-state index contributed by atoms with van der Waals surface area (Å²) in [5.74, 6) is 0.992. The van der Waals surface area contributed by atoms with Crippen LogP contribution in [-0.2, 0) is 20.1 Å². The van der Waals surface area contributed by atoms with Crippen molar-refractivity contribution in [1.82, 2.24) is 5.32 Å². The van der Waals surface area contributed by atoms with E-state index in [1.807, 2.05) is 23.6 Å². The molecule has 0 bridgehead atoms. The Morgan fingerprint density at radius 2 is 2.04 bits per heavy atom. The molecule has 1 N–H and O–H groups in total. The van der Waals surface area contributed by atoms with Crippen LogP contribution >= 0.6 is 34.4 Å². The van der Waals surface area contributed by atoms with Crippen LogP contribution in [0.4, 0.5) is 0 Å². The quantitative estimate of drug-likeness (QED) is 0.419. The Kier molecular flexibility index (Phi) is 7.92. The van der Waals surface area contributed by atoms with E-state index in [1.54, 1.807) is 29.2 Å². The lowest BCUT2D eigenvalue weighted by molar-refractivity contribution is -0.143. The summed E-state index contributed by atoms with van der Waals surface area (Å²) in [6.07, 6.45) is 3.00. The van der Waals surface area contributed by atoms with E-state index >= 15 is 0 Å². The highest BCUT2D eigenvalue weighted by Gasteiger charge is 2.04. The molecule has 1 amide bonds. The molecule has 4 nitrogen and oxygen atoms in total. The number of nitrogens with one attached hydrogen (secondary N) is 1. The van der Waals surface area contributed by atoms with Crippen molar-refractivity contribution in [1.29, 1.82) is 0 Å². The normalized spacial score (nSPS) is 10.8. The number of hydrogen-bond acceptors (Lipinski definition) is 6. The van der Waals surface area contributed by atoms with Crippen LogP contribution < -0.4 is 5.32 Å². The minimum atomic E-state index is -0.513. The van der Waals surface area contributed by atoms with Crippen LogP contribution in [0.15, 0.2) is 41.1 Å². The van der Waals surface area contributed by atoms with Gasteiger partial charge in [0.1, 0.15) is 0 Å². The topological polar surface area (TPSA) is 55.4 Å². The van der Waals surface area contributed by atoms with E-state index in [0.717, 1.165) is 16.4 Å². The van der Waals surface area contributed by atoms with Crippen LogP contribution in [-0.4, -0.2) is 30.8 Å². The van der Waals surface area contributed by atoms with E-state index in [1.165, 1.54) is 22.3 Å². The standard InChI is InChI=1S/C16H17NO3S3/c18-15(17-7-10-21-12-14-4-2-9-23-14)11-20-16(19)6-5-13-3-1-8-22-13/h1-6,8-9H,7,10-12H2,(H,17,18)/b6-5+. The zero-order valence-electron chi connectivity index (χ0n) is 12.4. The van der Waals surface area contributed by atoms with Crippen molar-refractivity contribution >= 4 is 52.4 Å². The maximum absolute atomic E-state index is 11.6. The van der Waals surface area contributed by atoms with Crippen molar-refractivity contribution < 1.29 is 14.3 Å². The molecule has 0 unspecified atom stereocenters. The highest BCUT2D eigenvalue weighted by Crippen LogP contribution is 2.16. The van der Waals surface area contributed by atoms with Gasteiger partial charge in [-0.05, 0) is 29.0 Å². The Hall–Kier alpha value is -1.57.